The molecule has 0 aliphatic carbocycles. The molecular formula is C17H14Cl2N4O3. The number of aromatic amines is 1. The van der Waals surface area contributed by atoms with Gasteiger partial charge in [-0.15, -0.1) is 0 Å². The highest BCUT2D eigenvalue weighted by molar-refractivity contribution is 6.32. The lowest BCUT2D eigenvalue weighted by molar-refractivity contribution is 0.0996. The van der Waals surface area contributed by atoms with Crippen molar-refractivity contribution in [3.63, 3.8) is 0 Å². The number of nitrogens with one attached hydrogen (secondary N) is 1. The van der Waals surface area contributed by atoms with Gasteiger partial charge in [0.1, 0.15) is 12.3 Å². The van der Waals surface area contributed by atoms with Crippen molar-refractivity contribution in [2.75, 3.05) is 7.11 Å². The van der Waals surface area contributed by atoms with E-state index in [1.807, 2.05) is 18.2 Å². The molecule has 2 aromatic carbocycles. The van der Waals surface area contributed by atoms with E-state index in [4.69, 9.17) is 38.4 Å². The Bertz CT molecular complexity index is 959. The first-order chi connectivity index (χ1) is 12.5. The molecule has 1 aromatic heterocycles. The number of carbonyl (C=O) groups excluding carboxylic acids is 1. The maximum Gasteiger partial charge on any atom is 0.271 e. The topological polar surface area (TPSA) is 103 Å². The molecule has 1 amide bonds. The fourth-order valence-corrected chi connectivity index (χ4v) is 2.82. The number of carbonyl (C=O) groups is 1. The first-order valence-corrected chi connectivity index (χ1v) is 8.21. The highest BCUT2D eigenvalue weighted by Crippen LogP contribution is 2.40. The number of halogens is 2. The van der Waals surface area contributed by atoms with Crippen LogP contribution in [0.3, 0.4) is 0 Å². The third-order valence-electron chi connectivity index (χ3n) is 3.61. The van der Waals surface area contributed by atoms with Crippen molar-refractivity contribution >= 4 is 29.1 Å². The molecule has 7 nitrogen and oxygen atoms in total. The predicted octanol–water partition coefficient (Wildman–Crippen LogP) is 3.47. The van der Waals surface area contributed by atoms with Crippen molar-refractivity contribution < 1.29 is 14.3 Å². The van der Waals surface area contributed by atoms with Crippen LogP contribution in [-0.4, -0.2) is 28.4 Å². The normalized spacial score (nSPS) is 10.6. The minimum Gasteiger partial charge on any atom is -0.493 e. The maximum atomic E-state index is 11.5. The molecule has 0 unspecified atom stereocenters. The fraction of sp³-hybridized carbons (Fsp3) is 0.118. The number of amides is 1. The summed E-state index contributed by atoms with van der Waals surface area (Å²) in [5.74, 6) is 0.0165. The summed E-state index contributed by atoms with van der Waals surface area (Å²) in [7, 11) is 1.48. The number of hydrogen-bond acceptors (Lipinski definition) is 5. The Morgan fingerprint density at radius 2 is 1.96 bits per heavy atom. The van der Waals surface area contributed by atoms with Crippen molar-refractivity contribution in [1.29, 1.82) is 0 Å². The molecule has 0 aliphatic heterocycles. The summed E-state index contributed by atoms with van der Waals surface area (Å²) in [6.45, 7) is 0.214. The zero-order valence-corrected chi connectivity index (χ0v) is 15.1. The van der Waals surface area contributed by atoms with Crippen LogP contribution >= 0.6 is 23.2 Å². The largest absolute Gasteiger partial charge is 0.493 e. The average Bonchev–Trinajstić information content (AvgIpc) is 3.11. The van der Waals surface area contributed by atoms with E-state index < -0.39 is 5.91 Å². The molecule has 134 valence electrons. The van der Waals surface area contributed by atoms with Crippen LogP contribution in [0.4, 0.5) is 0 Å². The Morgan fingerprint density at radius 1 is 1.19 bits per heavy atom. The number of nitrogens with two attached hydrogens (primary N) is 1. The lowest BCUT2D eigenvalue weighted by Crippen LogP contribution is -2.12. The second kappa shape index (κ2) is 7.63. The van der Waals surface area contributed by atoms with Gasteiger partial charge in [0.2, 0.25) is 0 Å². The van der Waals surface area contributed by atoms with Gasteiger partial charge in [-0.2, -0.15) is 15.4 Å². The third kappa shape index (κ3) is 3.58. The lowest BCUT2D eigenvalue weighted by atomic mass is 10.1. The first-order valence-electron chi connectivity index (χ1n) is 7.46. The van der Waals surface area contributed by atoms with Crippen molar-refractivity contribution in [3.8, 4) is 22.8 Å². The number of rotatable bonds is 6. The number of primary amides is 1. The first kappa shape index (κ1) is 18.0. The summed E-state index contributed by atoms with van der Waals surface area (Å²) in [6, 6.07) is 10.6. The summed E-state index contributed by atoms with van der Waals surface area (Å²) >= 11 is 12.5. The van der Waals surface area contributed by atoms with Crippen molar-refractivity contribution in [2.24, 2.45) is 5.73 Å². The van der Waals surface area contributed by atoms with E-state index in [1.54, 1.807) is 18.2 Å². The van der Waals surface area contributed by atoms with E-state index in [0.29, 0.717) is 22.1 Å². The third-order valence-corrected chi connectivity index (χ3v) is 4.26. The quantitative estimate of drug-likeness (QED) is 0.668. The molecule has 3 rings (SSSR count). The molecule has 1 heterocycles. The van der Waals surface area contributed by atoms with E-state index in [0.717, 1.165) is 5.56 Å². The van der Waals surface area contributed by atoms with Crippen LogP contribution in [0.1, 0.15) is 16.1 Å². The van der Waals surface area contributed by atoms with Gasteiger partial charge in [0, 0.05) is 16.1 Å². The highest BCUT2D eigenvalue weighted by Gasteiger charge is 2.20. The molecule has 0 aliphatic rings. The van der Waals surface area contributed by atoms with Crippen LogP contribution in [0.25, 0.3) is 11.3 Å². The van der Waals surface area contributed by atoms with Crippen LogP contribution in [-0.2, 0) is 6.61 Å². The minimum atomic E-state index is -0.706. The summed E-state index contributed by atoms with van der Waals surface area (Å²) in [6.07, 6.45) is 0. The summed E-state index contributed by atoms with van der Waals surface area (Å²) in [5.41, 5.74) is 6.90. The summed E-state index contributed by atoms with van der Waals surface area (Å²) < 4.78 is 11.2. The van der Waals surface area contributed by atoms with Crippen LogP contribution in [0, 0.1) is 0 Å². The summed E-state index contributed by atoms with van der Waals surface area (Å²) in [4.78, 5) is 11.5. The molecule has 0 fully saturated rings. The van der Waals surface area contributed by atoms with Gasteiger partial charge >= 0.3 is 0 Å². The Hall–Kier alpha value is -2.77. The Morgan fingerprint density at radius 3 is 2.65 bits per heavy atom. The molecule has 26 heavy (non-hydrogen) atoms. The van der Waals surface area contributed by atoms with Gasteiger partial charge in [-0.1, -0.05) is 41.4 Å². The molecule has 3 aromatic rings. The lowest BCUT2D eigenvalue weighted by Gasteiger charge is -2.14. The van der Waals surface area contributed by atoms with Crippen molar-refractivity contribution in [3.05, 3.63) is 57.7 Å². The van der Waals surface area contributed by atoms with Gasteiger partial charge in [-0.05, 0) is 18.2 Å². The van der Waals surface area contributed by atoms with Crippen molar-refractivity contribution in [2.45, 2.75) is 6.61 Å². The smallest absolute Gasteiger partial charge is 0.271 e. The molecule has 9 heteroatoms. The van der Waals surface area contributed by atoms with Gasteiger partial charge in [0.15, 0.2) is 17.2 Å². The fourth-order valence-electron chi connectivity index (χ4n) is 2.37. The van der Waals surface area contributed by atoms with Crippen LogP contribution in [0.5, 0.6) is 11.5 Å². The number of hydrogen-bond donors (Lipinski definition) is 2. The molecule has 0 atom stereocenters. The van der Waals surface area contributed by atoms with E-state index in [9.17, 15) is 4.79 Å². The molecule has 0 radical (unpaired) electrons. The second-order valence-corrected chi connectivity index (χ2v) is 6.07. The highest BCUT2D eigenvalue weighted by atomic mass is 35.5. The standard InChI is InChI=1S/C17H14Cl2N4O3/c1-25-13-7-10(14-15(17(20)24)22-23-21-14)6-12(19)16(13)26-8-9-4-2-3-5-11(9)18/h2-7H,8H2,1H3,(H2,20,24)(H,21,22,23). The van der Waals surface area contributed by atoms with Crippen LogP contribution in [0.2, 0.25) is 10.0 Å². The Kier molecular flexibility index (Phi) is 5.29. The minimum absolute atomic E-state index is 0.00727. The maximum absolute atomic E-state index is 11.5. The number of H-pyrrole nitrogens is 1. The van der Waals surface area contributed by atoms with E-state index in [1.165, 1.54) is 7.11 Å². The Balaban J connectivity index is 1.94. The second-order valence-electron chi connectivity index (χ2n) is 5.25. The van der Waals surface area contributed by atoms with Gasteiger partial charge in [-0.3, -0.25) is 4.79 Å². The average molecular weight is 393 g/mol. The van der Waals surface area contributed by atoms with Crippen molar-refractivity contribution in [1.82, 2.24) is 15.4 Å². The zero-order valence-electron chi connectivity index (χ0n) is 13.6. The van der Waals surface area contributed by atoms with Gasteiger partial charge < -0.3 is 15.2 Å². The van der Waals surface area contributed by atoms with E-state index in [2.05, 4.69) is 15.4 Å². The number of nitrogens with zero attached hydrogens (tertiary/aromatic N) is 2. The number of methoxy groups -OCH3 is 1. The van der Waals surface area contributed by atoms with E-state index in [-0.39, 0.29) is 23.0 Å². The monoisotopic (exact) mass is 392 g/mol. The van der Waals surface area contributed by atoms with Crippen LogP contribution < -0.4 is 15.2 Å². The van der Waals surface area contributed by atoms with Gasteiger partial charge in [0.25, 0.3) is 5.91 Å². The SMILES string of the molecule is COc1cc(-c2n[nH]nc2C(N)=O)cc(Cl)c1OCc1ccccc1Cl. The molecule has 3 N–H and O–H groups in total. The number of ether oxygens (including phenoxy) is 2. The molecule has 0 saturated carbocycles. The predicted molar refractivity (Wildman–Crippen MR) is 97.7 cm³/mol. The number of aromatic nitrogens is 3. The molecule has 0 saturated heterocycles. The molecule has 0 spiro atoms. The van der Waals surface area contributed by atoms with Crippen LogP contribution in [0.15, 0.2) is 36.4 Å². The zero-order chi connectivity index (χ0) is 18.7. The van der Waals surface area contributed by atoms with E-state index >= 15 is 0 Å². The molecular weight excluding hydrogens is 379 g/mol. The van der Waals surface area contributed by atoms with Gasteiger partial charge in [0.05, 0.1) is 12.1 Å². The molecule has 0 bridgehead atoms. The Labute approximate surface area is 159 Å². The number of benzene rings is 2. The summed E-state index contributed by atoms with van der Waals surface area (Å²) in [5, 5.41) is 10.9. The van der Waals surface area contributed by atoms with Gasteiger partial charge in [-0.25, -0.2) is 0 Å².